The summed E-state index contributed by atoms with van der Waals surface area (Å²) in [6.45, 7) is 1.67. The summed E-state index contributed by atoms with van der Waals surface area (Å²) < 4.78 is 0. The van der Waals surface area contributed by atoms with Crippen LogP contribution in [0.25, 0.3) is 0 Å². The molecule has 7 nitrogen and oxygen atoms in total. The van der Waals surface area contributed by atoms with Crippen LogP contribution in [0.4, 0.5) is 0 Å². The van der Waals surface area contributed by atoms with Gasteiger partial charge in [-0.05, 0) is 36.8 Å². The first-order chi connectivity index (χ1) is 12.8. The smallest absolute Gasteiger partial charge is 0.261 e. The first kappa shape index (κ1) is 18.2. The lowest BCUT2D eigenvalue weighted by molar-refractivity contribution is -0.115. The number of aryl methyl sites for hydroxylation is 1. The summed E-state index contributed by atoms with van der Waals surface area (Å²) in [5, 5.41) is 0. The molecular formula is C20H16N2O5. The number of fused-ring (bicyclic) bond motifs is 1. The molecule has 2 aromatic rings. The van der Waals surface area contributed by atoms with Crippen molar-refractivity contribution in [1.29, 1.82) is 0 Å². The fraction of sp³-hybridized carbons (Fsp3) is 0.150. The zero-order valence-corrected chi connectivity index (χ0v) is 15.0. The number of hydrogen-bond donors (Lipinski definition) is 0. The van der Waals surface area contributed by atoms with Gasteiger partial charge in [0, 0.05) is 30.8 Å². The number of amides is 4. The first-order valence-corrected chi connectivity index (χ1v) is 8.10. The van der Waals surface area contributed by atoms with Gasteiger partial charge in [0.25, 0.3) is 17.7 Å². The average Bonchev–Trinajstić information content (AvgIpc) is 2.90. The van der Waals surface area contributed by atoms with E-state index >= 15 is 0 Å². The summed E-state index contributed by atoms with van der Waals surface area (Å²) in [5.74, 6) is -1.64. The normalized spacial score (nSPS) is 12.8. The number of imide groups is 2. The van der Waals surface area contributed by atoms with Crippen LogP contribution in [-0.4, -0.2) is 53.8 Å². The summed E-state index contributed by atoms with van der Waals surface area (Å²) in [6.07, 6.45) is 0.417. The number of ketones is 1. The standard InChI is InChI=1S/C20H16N2O5/c1-11-8-12(4-6-14(11)18(25)21(2)10-23)17(24)13-5-7-15-16(9-13)20(27)22(3)19(15)26/h4-10H,1-3H3. The summed E-state index contributed by atoms with van der Waals surface area (Å²) in [5.41, 5.74) is 1.94. The van der Waals surface area contributed by atoms with E-state index in [1.165, 1.54) is 44.4 Å². The van der Waals surface area contributed by atoms with Crippen LogP contribution >= 0.6 is 0 Å². The average molecular weight is 364 g/mol. The Labute approximate surface area is 155 Å². The fourth-order valence-corrected chi connectivity index (χ4v) is 2.95. The lowest BCUT2D eigenvalue weighted by Gasteiger charge is -2.12. The summed E-state index contributed by atoms with van der Waals surface area (Å²) in [7, 11) is 2.75. The lowest BCUT2D eigenvalue weighted by atomic mass is 9.96. The van der Waals surface area contributed by atoms with Crippen LogP contribution < -0.4 is 0 Å². The molecule has 0 N–H and O–H groups in total. The minimum absolute atomic E-state index is 0.199. The Hall–Kier alpha value is -3.61. The van der Waals surface area contributed by atoms with E-state index in [9.17, 15) is 24.0 Å². The van der Waals surface area contributed by atoms with Crippen LogP contribution in [0.1, 0.15) is 52.6 Å². The highest BCUT2D eigenvalue weighted by molar-refractivity contribution is 6.22. The second-order valence-corrected chi connectivity index (χ2v) is 6.31. The van der Waals surface area contributed by atoms with Crippen molar-refractivity contribution in [3.63, 3.8) is 0 Å². The van der Waals surface area contributed by atoms with Crippen molar-refractivity contribution in [3.8, 4) is 0 Å². The Kier molecular flexibility index (Phi) is 4.45. The molecule has 0 bridgehead atoms. The van der Waals surface area contributed by atoms with Gasteiger partial charge in [0.1, 0.15) is 0 Å². The van der Waals surface area contributed by atoms with E-state index < -0.39 is 17.7 Å². The second kappa shape index (κ2) is 6.60. The van der Waals surface area contributed by atoms with E-state index in [2.05, 4.69) is 0 Å². The molecule has 0 spiro atoms. The molecule has 1 heterocycles. The van der Waals surface area contributed by atoms with Crippen molar-refractivity contribution in [1.82, 2.24) is 9.80 Å². The maximum atomic E-state index is 12.8. The largest absolute Gasteiger partial charge is 0.289 e. The Bertz CT molecular complexity index is 1030. The zero-order valence-electron chi connectivity index (χ0n) is 15.0. The number of benzene rings is 2. The Morgan fingerprint density at radius 2 is 1.56 bits per heavy atom. The molecule has 3 rings (SSSR count). The van der Waals surface area contributed by atoms with Crippen molar-refractivity contribution in [2.75, 3.05) is 14.1 Å². The number of hydrogen-bond acceptors (Lipinski definition) is 5. The zero-order chi connectivity index (χ0) is 19.9. The second-order valence-electron chi connectivity index (χ2n) is 6.31. The number of carbonyl (C=O) groups is 5. The van der Waals surface area contributed by atoms with Crippen LogP contribution in [0, 0.1) is 6.92 Å². The van der Waals surface area contributed by atoms with E-state index in [0.29, 0.717) is 23.1 Å². The third kappa shape index (κ3) is 2.93. The van der Waals surface area contributed by atoms with Crippen LogP contribution in [-0.2, 0) is 4.79 Å². The van der Waals surface area contributed by atoms with Crippen molar-refractivity contribution in [2.24, 2.45) is 0 Å². The van der Waals surface area contributed by atoms with Crippen molar-refractivity contribution >= 4 is 29.9 Å². The highest BCUT2D eigenvalue weighted by Gasteiger charge is 2.33. The van der Waals surface area contributed by atoms with E-state index in [-0.39, 0.29) is 22.5 Å². The van der Waals surface area contributed by atoms with E-state index in [1.807, 2.05) is 0 Å². The maximum absolute atomic E-state index is 12.8. The van der Waals surface area contributed by atoms with Gasteiger partial charge in [-0.25, -0.2) is 0 Å². The first-order valence-electron chi connectivity index (χ1n) is 8.10. The van der Waals surface area contributed by atoms with Crippen molar-refractivity contribution < 1.29 is 24.0 Å². The molecule has 0 atom stereocenters. The van der Waals surface area contributed by atoms with Crippen molar-refractivity contribution in [2.45, 2.75) is 6.92 Å². The van der Waals surface area contributed by atoms with Gasteiger partial charge >= 0.3 is 0 Å². The quantitative estimate of drug-likeness (QED) is 0.468. The highest BCUT2D eigenvalue weighted by atomic mass is 16.2. The molecule has 4 amide bonds. The Morgan fingerprint density at radius 3 is 2.19 bits per heavy atom. The summed E-state index contributed by atoms with van der Waals surface area (Å²) in [6, 6.07) is 8.92. The summed E-state index contributed by atoms with van der Waals surface area (Å²) in [4.78, 5) is 61.6. The Morgan fingerprint density at radius 1 is 0.963 bits per heavy atom. The molecule has 0 radical (unpaired) electrons. The monoisotopic (exact) mass is 364 g/mol. The van der Waals surface area contributed by atoms with Gasteiger partial charge in [0.05, 0.1) is 11.1 Å². The minimum Gasteiger partial charge on any atom is -0.289 e. The van der Waals surface area contributed by atoms with Gasteiger partial charge in [-0.15, -0.1) is 0 Å². The predicted molar refractivity (Wildman–Crippen MR) is 95.6 cm³/mol. The Balaban J connectivity index is 1.95. The van der Waals surface area contributed by atoms with E-state index in [4.69, 9.17) is 0 Å². The van der Waals surface area contributed by atoms with Gasteiger partial charge in [-0.1, -0.05) is 12.1 Å². The van der Waals surface area contributed by atoms with Gasteiger partial charge in [-0.2, -0.15) is 0 Å². The molecule has 27 heavy (non-hydrogen) atoms. The van der Waals surface area contributed by atoms with Gasteiger partial charge < -0.3 is 0 Å². The molecule has 0 saturated heterocycles. The number of nitrogens with zero attached hydrogens (tertiary/aromatic N) is 2. The molecule has 1 aliphatic heterocycles. The SMILES string of the molecule is Cc1cc(C(=O)c2ccc3c(c2)C(=O)N(C)C3=O)ccc1C(=O)N(C)C=O. The minimum atomic E-state index is -0.467. The van der Waals surface area contributed by atoms with E-state index in [0.717, 1.165) is 9.80 Å². The molecule has 136 valence electrons. The van der Waals surface area contributed by atoms with Crippen LogP contribution in [0.5, 0.6) is 0 Å². The topological polar surface area (TPSA) is 91.8 Å². The van der Waals surface area contributed by atoms with Gasteiger partial charge in [-0.3, -0.25) is 33.8 Å². The highest BCUT2D eigenvalue weighted by Crippen LogP contribution is 2.24. The van der Waals surface area contributed by atoms with Crippen LogP contribution in [0.2, 0.25) is 0 Å². The molecule has 0 aromatic heterocycles. The fourth-order valence-electron chi connectivity index (χ4n) is 2.95. The van der Waals surface area contributed by atoms with Gasteiger partial charge in [0.2, 0.25) is 6.41 Å². The van der Waals surface area contributed by atoms with Gasteiger partial charge in [0.15, 0.2) is 5.78 Å². The van der Waals surface area contributed by atoms with Crippen LogP contribution in [0.15, 0.2) is 36.4 Å². The molecular weight excluding hydrogens is 348 g/mol. The van der Waals surface area contributed by atoms with Crippen molar-refractivity contribution in [3.05, 3.63) is 69.8 Å². The molecule has 7 heteroatoms. The molecule has 0 fully saturated rings. The van der Waals surface area contributed by atoms with Crippen LogP contribution in [0.3, 0.4) is 0 Å². The maximum Gasteiger partial charge on any atom is 0.261 e. The molecule has 0 aliphatic carbocycles. The predicted octanol–water partition coefficient (Wildman–Crippen LogP) is 1.68. The number of carbonyl (C=O) groups excluding carboxylic acids is 5. The third-order valence-corrected chi connectivity index (χ3v) is 4.55. The molecule has 0 unspecified atom stereocenters. The molecule has 0 saturated carbocycles. The lowest BCUT2D eigenvalue weighted by Crippen LogP contribution is -2.25. The summed E-state index contributed by atoms with van der Waals surface area (Å²) >= 11 is 0. The molecule has 2 aromatic carbocycles. The third-order valence-electron chi connectivity index (χ3n) is 4.55. The number of rotatable bonds is 4. The van der Waals surface area contributed by atoms with E-state index in [1.54, 1.807) is 13.0 Å². The molecule has 1 aliphatic rings.